The van der Waals surface area contributed by atoms with Gasteiger partial charge in [0.25, 0.3) is 0 Å². The number of hydrogen-bond donors (Lipinski definition) is 1. The lowest BCUT2D eigenvalue weighted by atomic mass is 9.81. The molecular weight excluding hydrogens is 370 g/mol. The molecule has 2 fully saturated rings. The summed E-state index contributed by atoms with van der Waals surface area (Å²) < 4.78 is 31.7. The van der Waals surface area contributed by atoms with E-state index >= 15 is 0 Å². The molecule has 0 aromatic carbocycles. The molecular formula is C17H29N5O4S. The number of nitrogens with one attached hydrogen (secondary N) is 1. The zero-order valence-electron chi connectivity index (χ0n) is 16.4. The monoisotopic (exact) mass is 399 g/mol. The number of aryl methyl sites for hydroxylation is 1. The van der Waals surface area contributed by atoms with Gasteiger partial charge in [0.15, 0.2) is 5.82 Å². The van der Waals surface area contributed by atoms with Crippen molar-refractivity contribution in [2.45, 2.75) is 39.5 Å². The Bertz CT molecular complexity index is 793. The van der Waals surface area contributed by atoms with Gasteiger partial charge in [-0.15, -0.1) is 0 Å². The molecule has 0 aliphatic carbocycles. The van der Waals surface area contributed by atoms with Crippen molar-refractivity contribution in [2.24, 2.45) is 11.8 Å². The van der Waals surface area contributed by atoms with Gasteiger partial charge < -0.3 is 14.7 Å². The van der Waals surface area contributed by atoms with E-state index in [2.05, 4.69) is 29.3 Å². The highest BCUT2D eigenvalue weighted by Crippen LogP contribution is 2.45. The molecule has 0 unspecified atom stereocenters. The topological polar surface area (TPSA) is 109 Å². The van der Waals surface area contributed by atoms with E-state index in [1.54, 1.807) is 18.7 Å². The van der Waals surface area contributed by atoms with Crippen molar-refractivity contribution in [2.75, 3.05) is 38.5 Å². The van der Waals surface area contributed by atoms with Crippen molar-refractivity contribution in [1.82, 2.24) is 24.7 Å². The molecule has 3 heterocycles. The van der Waals surface area contributed by atoms with E-state index in [-0.39, 0.29) is 24.2 Å². The fraction of sp³-hybridized carbons (Fsp3) is 0.824. The minimum Gasteiger partial charge on any atom is -0.339 e. The standard InChI is InChI=1S/C17H29N5O4S/c1-5-27(24,25)22-9-14-8-21(16(23)18-7-6-12(2)3)10-17(14,11-22)15-19-13(4)20-26-15/h12,14H,5-11H2,1-4H3,(H,18,23)/t14-,17-/m0/s1. The van der Waals surface area contributed by atoms with E-state index in [0.717, 1.165) is 6.42 Å². The average molecular weight is 400 g/mol. The summed E-state index contributed by atoms with van der Waals surface area (Å²) in [4.78, 5) is 18.7. The van der Waals surface area contributed by atoms with Crippen molar-refractivity contribution >= 4 is 16.1 Å². The summed E-state index contributed by atoms with van der Waals surface area (Å²) in [7, 11) is -3.32. The molecule has 2 aliphatic rings. The van der Waals surface area contributed by atoms with Crippen LogP contribution >= 0.6 is 0 Å². The van der Waals surface area contributed by atoms with Crippen LogP contribution in [0.1, 0.15) is 38.9 Å². The Labute approximate surface area is 160 Å². The number of urea groups is 1. The zero-order chi connectivity index (χ0) is 19.8. The second-order valence-corrected chi connectivity index (χ2v) is 10.2. The number of aromatic nitrogens is 2. The number of likely N-dealkylation sites (tertiary alicyclic amines) is 1. The number of carbonyl (C=O) groups excluding carboxylic acids is 1. The Hall–Kier alpha value is -1.68. The Morgan fingerprint density at radius 3 is 2.70 bits per heavy atom. The van der Waals surface area contributed by atoms with E-state index in [9.17, 15) is 13.2 Å². The maximum absolute atomic E-state index is 12.6. The number of hydrogen-bond acceptors (Lipinski definition) is 6. The van der Waals surface area contributed by atoms with Crippen LogP contribution in [-0.2, 0) is 15.4 Å². The predicted octanol–water partition coefficient (Wildman–Crippen LogP) is 0.969. The molecule has 152 valence electrons. The van der Waals surface area contributed by atoms with Crippen LogP contribution in [0.25, 0.3) is 0 Å². The second-order valence-electron chi connectivity index (χ2n) is 7.99. The van der Waals surface area contributed by atoms with E-state index in [0.29, 0.717) is 43.8 Å². The van der Waals surface area contributed by atoms with Gasteiger partial charge in [-0.3, -0.25) is 0 Å². The Balaban J connectivity index is 1.80. The largest absolute Gasteiger partial charge is 0.339 e. The third-order valence-corrected chi connectivity index (χ3v) is 7.37. The number of sulfonamides is 1. The van der Waals surface area contributed by atoms with E-state index in [4.69, 9.17) is 4.52 Å². The summed E-state index contributed by atoms with van der Waals surface area (Å²) in [6, 6.07) is -0.120. The summed E-state index contributed by atoms with van der Waals surface area (Å²) in [5, 5.41) is 6.85. The summed E-state index contributed by atoms with van der Waals surface area (Å²) in [6.45, 7) is 9.72. The van der Waals surface area contributed by atoms with Gasteiger partial charge in [0.1, 0.15) is 0 Å². The molecule has 2 saturated heterocycles. The molecule has 27 heavy (non-hydrogen) atoms. The Morgan fingerprint density at radius 1 is 1.37 bits per heavy atom. The minimum atomic E-state index is -3.32. The fourth-order valence-electron chi connectivity index (χ4n) is 3.95. The highest BCUT2D eigenvalue weighted by atomic mass is 32.2. The Kier molecular flexibility index (Phi) is 5.49. The number of nitrogens with zero attached hydrogens (tertiary/aromatic N) is 4. The van der Waals surface area contributed by atoms with Crippen molar-refractivity contribution in [3.05, 3.63) is 11.7 Å². The fourth-order valence-corrected chi connectivity index (χ4v) is 5.15. The van der Waals surface area contributed by atoms with Crippen LogP contribution in [0.15, 0.2) is 4.52 Å². The molecule has 0 radical (unpaired) electrons. The van der Waals surface area contributed by atoms with Gasteiger partial charge in [-0.1, -0.05) is 19.0 Å². The van der Waals surface area contributed by atoms with E-state index in [1.807, 2.05) is 0 Å². The molecule has 9 nitrogen and oxygen atoms in total. The molecule has 0 saturated carbocycles. The van der Waals surface area contributed by atoms with Crippen molar-refractivity contribution in [1.29, 1.82) is 0 Å². The molecule has 0 spiro atoms. The van der Waals surface area contributed by atoms with Gasteiger partial charge >= 0.3 is 6.03 Å². The highest BCUT2D eigenvalue weighted by Gasteiger charge is 2.59. The van der Waals surface area contributed by atoms with Gasteiger partial charge in [0, 0.05) is 38.6 Å². The first kappa shape index (κ1) is 20.1. The summed E-state index contributed by atoms with van der Waals surface area (Å²) in [5.74, 6) is 1.45. The van der Waals surface area contributed by atoms with Crippen LogP contribution in [0.3, 0.4) is 0 Å². The first-order valence-electron chi connectivity index (χ1n) is 9.49. The van der Waals surface area contributed by atoms with Gasteiger partial charge in [0.2, 0.25) is 15.9 Å². The van der Waals surface area contributed by atoms with Gasteiger partial charge in [-0.25, -0.2) is 17.5 Å². The quantitative estimate of drug-likeness (QED) is 0.763. The van der Waals surface area contributed by atoms with Crippen LogP contribution in [-0.4, -0.2) is 72.3 Å². The van der Waals surface area contributed by atoms with Crippen molar-refractivity contribution < 1.29 is 17.7 Å². The molecule has 2 amide bonds. The van der Waals surface area contributed by atoms with Gasteiger partial charge in [0.05, 0.1) is 11.2 Å². The normalized spacial score (nSPS) is 26.0. The average Bonchev–Trinajstić information content (AvgIpc) is 3.26. The van der Waals surface area contributed by atoms with Gasteiger partial charge in [-0.05, 0) is 26.2 Å². The number of fused-ring (bicyclic) bond motifs is 1. The number of rotatable bonds is 6. The first-order chi connectivity index (χ1) is 12.7. The molecule has 1 N–H and O–H groups in total. The van der Waals surface area contributed by atoms with Gasteiger partial charge in [-0.2, -0.15) is 4.98 Å². The molecule has 2 atom stereocenters. The second kappa shape index (κ2) is 7.38. The minimum absolute atomic E-state index is 0.0536. The van der Waals surface area contributed by atoms with E-state index < -0.39 is 15.4 Å². The maximum atomic E-state index is 12.6. The highest BCUT2D eigenvalue weighted by molar-refractivity contribution is 7.89. The third-order valence-electron chi connectivity index (χ3n) is 5.57. The molecule has 10 heteroatoms. The van der Waals surface area contributed by atoms with Crippen molar-refractivity contribution in [3.8, 4) is 0 Å². The maximum Gasteiger partial charge on any atom is 0.317 e. The molecule has 2 aliphatic heterocycles. The Morgan fingerprint density at radius 2 is 2.11 bits per heavy atom. The first-order valence-corrected chi connectivity index (χ1v) is 11.1. The summed E-state index contributed by atoms with van der Waals surface area (Å²) >= 11 is 0. The smallest absolute Gasteiger partial charge is 0.317 e. The van der Waals surface area contributed by atoms with Crippen LogP contribution in [0.4, 0.5) is 4.79 Å². The molecule has 0 bridgehead atoms. The van der Waals surface area contributed by atoms with Crippen LogP contribution < -0.4 is 5.32 Å². The predicted molar refractivity (Wildman–Crippen MR) is 99.7 cm³/mol. The number of carbonyl (C=O) groups is 1. The van der Waals surface area contributed by atoms with Crippen molar-refractivity contribution in [3.63, 3.8) is 0 Å². The molecule has 3 rings (SSSR count). The summed E-state index contributed by atoms with van der Waals surface area (Å²) in [6.07, 6.45) is 0.916. The lowest BCUT2D eigenvalue weighted by Crippen LogP contribution is -2.44. The lowest BCUT2D eigenvalue weighted by Gasteiger charge is -2.25. The van der Waals surface area contributed by atoms with E-state index in [1.165, 1.54) is 4.31 Å². The van der Waals surface area contributed by atoms with Crippen LogP contribution in [0.2, 0.25) is 0 Å². The summed E-state index contributed by atoms with van der Waals surface area (Å²) in [5.41, 5.74) is -0.640. The SMILES string of the molecule is CCS(=O)(=O)N1C[C@@H]2CN(C(=O)NCCC(C)C)C[C@]2(c2nc(C)no2)C1. The zero-order valence-corrected chi connectivity index (χ0v) is 17.3. The van der Waals surface area contributed by atoms with Crippen LogP contribution in [0, 0.1) is 18.8 Å². The number of amides is 2. The van der Waals surface area contributed by atoms with Crippen LogP contribution in [0.5, 0.6) is 0 Å². The third kappa shape index (κ3) is 3.82. The molecule has 1 aromatic rings. The lowest BCUT2D eigenvalue weighted by molar-refractivity contribution is 0.199. The molecule has 1 aromatic heterocycles.